The highest BCUT2D eigenvalue weighted by atomic mass is 32.2. The average molecular weight is 632 g/mol. The number of hydrogen-bond acceptors (Lipinski definition) is 2. The summed E-state index contributed by atoms with van der Waals surface area (Å²) in [7, 11) is 0. The molecule has 0 fully saturated rings. The highest BCUT2D eigenvalue weighted by Crippen LogP contribution is 2.64. The maximum atomic E-state index is 2.51. The van der Waals surface area contributed by atoms with Gasteiger partial charge in [-0.2, -0.15) is 0 Å². The van der Waals surface area contributed by atoms with Gasteiger partial charge in [-0.1, -0.05) is 147 Å². The van der Waals surface area contributed by atoms with Gasteiger partial charge in [-0.25, -0.2) is 0 Å². The molecule has 0 amide bonds. The molecule has 1 aliphatic heterocycles. The molecule has 1 nitrogen and oxygen atoms in total. The number of para-hydroxylation sites is 1. The third kappa shape index (κ3) is 3.59. The minimum atomic E-state index is -0.473. The molecule has 0 bridgehead atoms. The van der Waals surface area contributed by atoms with Gasteiger partial charge in [0.2, 0.25) is 0 Å². The normalized spacial score (nSPS) is 15.1. The van der Waals surface area contributed by atoms with E-state index in [4.69, 9.17) is 0 Å². The molecule has 10 rings (SSSR count). The molecule has 0 atom stereocenters. The maximum absolute atomic E-state index is 2.51. The van der Waals surface area contributed by atoms with Crippen LogP contribution in [-0.4, -0.2) is 0 Å². The first-order valence-corrected chi connectivity index (χ1v) is 17.6. The quantitative estimate of drug-likeness (QED) is 0.191. The fraction of sp³-hybridized carbons (Fsp3) is 0.0870. The van der Waals surface area contributed by atoms with Crippen molar-refractivity contribution < 1.29 is 0 Å². The summed E-state index contributed by atoms with van der Waals surface area (Å²) in [6.07, 6.45) is 0. The number of benzene rings is 7. The molecule has 3 aliphatic rings. The van der Waals surface area contributed by atoms with Gasteiger partial charge in [0.15, 0.2) is 0 Å². The minimum absolute atomic E-state index is 0.0467. The predicted octanol–water partition coefficient (Wildman–Crippen LogP) is 12.3. The van der Waals surface area contributed by atoms with E-state index in [0.717, 1.165) is 5.69 Å². The number of nitrogens with zero attached hydrogens (tertiary/aromatic N) is 1. The van der Waals surface area contributed by atoms with Gasteiger partial charge in [0.25, 0.3) is 0 Å². The van der Waals surface area contributed by atoms with Gasteiger partial charge in [-0.15, -0.1) is 0 Å². The van der Waals surface area contributed by atoms with Gasteiger partial charge in [0.1, 0.15) is 0 Å². The number of anilines is 3. The van der Waals surface area contributed by atoms with Crippen LogP contribution in [0.3, 0.4) is 0 Å². The second-order valence-corrected chi connectivity index (χ2v) is 14.7. The first-order valence-electron chi connectivity index (χ1n) is 16.8. The van der Waals surface area contributed by atoms with Gasteiger partial charge in [0, 0.05) is 32.1 Å². The molecule has 7 aromatic rings. The Morgan fingerprint density at radius 1 is 0.417 bits per heavy atom. The molecule has 0 N–H and O–H groups in total. The Bertz CT molecular complexity index is 2370. The summed E-state index contributed by atoms with van der Waals surface area (Å²) in [5.74, 6) is 0. The molecule has 228 valence electrons. The Morgan fingerprint density at radius 3 is 1.67 bits per heavy atom. The van der Waals surface area contributed by atoms with Crippen molar-refractivity contribution in [3.05, 3.63) is 197 Å². The highest BCUT2D eigenvalue weighted by Gasteiger charge is 2.52. The zero-order valence-electron chi connectivity index (χ0n) is 26.9. The number of fused-ring (bicyclic) bond motifs is 12. The summed E-state index contributed by atoms with van der Waals surface area (Å²) in [6, 6.07) is 61.1. The lowest BCUT2D eigenvalue weighted by Crippen LogP contribution is -2.33. The molecule has 1 heterocycles. The van der Waals surface area contributed by atoms with Gasteiger partial charge in [-0.05, 0) is 92.5 Å². The molecule has 2 heteroatoms. The SMILES string of the molecule is CC1(C)c2ccccc2-c2cc(N(c3ccccc3)c3cccc4c3C3(c5ccccc5Sc5ccccc53)c3ccccc3-4)ccc21. The molecule has 7 aromatic carbocycles. The third-order valence-corrected chi connectivity index (χ3v) is 12.1. The topological polar surface area (TPSA) is 3.24 Å². The molecule has 0 saturated heterocycles. The second-order valence-electron chi connectivity index (χ2n) is 13.7. The largest absolute Gasteiger partial charge is 0.310 e. The van der Waals surface area contributed by atoms with Gasteiger partial charge in [0.05, 0.1) is 11.1 Å². The molecule has 48 heavy (non-hydrogen) atoms. The molecule has 1 spiro atoms. The van der Waals surface area contributed by atoms with Gasteiger partial charge >= 0.3 is 0 Å². The summed E-state index contributed by atoms with van der Waals surface area (Å²) in [5.41, 5.74) is 16.4. The van der Waals surface area contributed by atoms with Crippen LogP contribution in [0.5, 0.6) is 0 Å². The summed E-state index contributed by atoms with van der Waals surface area (Å²) in [6.45, 7) is 4.71. The second kappa shape index (κ2) is 10.1. The fourth-order valence-corrected chi connectivity index (χ4v) is 10.1. The molecule has 2 aliphatic carbocycles. The summed E-state index contributed by atoms with van der Waals surface area (Å²) in [5, 5.41) is 0. The third-order valence-electron chi connectivity index (χ3n) is 10.9. The highest BCUT2D eigenvalue weighted by molar-refractivity contribution is 7.99. The molecular weight excluding hydrogens is 599 g/mol. The van der Waals surface area contributed by atoms with E-state index in [1.165, 1.54) is 76.8 Å². The van der Waals surface area contributed by atoms with Crippen LogP contribution in [0, 0.1) is 0 Å². The zero-order chi connectivity index (χ0) is 32.0. The summed E-state index contributed by atoms with van der Waals surface area (Å²) < 4.78 is 0. The predicted molar refractivity (Wildman–Crippen MR) is 200 cm³/mol. The average Bonchev–Trinajstić information content (AvgIpc) is 3.56. The molecule has 0 aromatic heterocycles. The first kappa shape index (κ1) is 27.8. The van der Waals surface area contributed by atoms with E-state index < -0.39 is 5.41 Å². The lowest BCUT2D eigenvalue weighted by atomic mass is 9.66. The van der Waals surface area contributed by atoms with Crippen LogP contribution in [-0.2, 0) is 10.8 Å². The Labute approximate surface area is 286 Å². The van der Waals surface area contributed by atoms with E-state index in [-0.39, 0.29) is 5.41 Å². The lowest BCUT2D eigenvalue weighted by Gasteiger charge is -2.41. The lowest BCUT2D eigenvalue weighted by molar-refractivity contribution is 0.660. The molecule has 0 saturated carbocycles. The van der Waals surface area contributed by atoms with Crippen molar-refractivity contribution in [2.75, 3.05) is 4.90 Å². The summed E-state index contributed by atoms with van der Waals surface area (Å²) >= 11 is 1.89. The monoisotopic (exact) mass is 631 g/mol. The van der Waals surface area contributed by atoms with E-state index in [0.29, 0.717) is 0 Å². The van der Waals surface area contributed by atoms with Gasteiger partial charge in [-0.3, -0.25) is 0 Å². The zero-order valence-corrected chi connectivity index (χ0v) is 27.8. The standard InChI is InChI=1S/C46H33NS/c1-45(2)36-20-8-6-18-33(36)35-29-31(27-28-37(35)45)47(30-15-4-3-5-16-30)41-24-14-19-34-32-17-7-9-21-38(32)46(44(34)41)39-22-10-12-25-42(39)48-43-26-13-11-23-40(43)46/h3-29H,1-2H3. The molecule has 0 unspecified atom stereocenters. The van der Waals surface area contributed by atoms with Crippen LogP contribution in [0.4, 0.5) is 17.1 Å². The van der Waals surface area contributed by atoms with E-state index in [1.54, 1.807) is 0 Å². The van der Waals surface area contributed by atoms with Crippen molar-refractivity contribution in [2.24, 2.45) is 0 Å². The fourth-order valence-electron chi connectivity index (χ4n) is 8.93. The van der Waals surface area contributed by atoms with E-state index in [9.17, 15) is 0 Å². The smallest absolute Gasteiger partial charge is 0.0755 e. The van der Waals surface area contributed by atoms with Crippen LogP contribution in [0.2, 0.25) is 0 Å². The van der Waals surface area contributed by atoms with Crippen LogP contribution in [0.1, 0.15) is 47.2 Å². The van der Waals surface area contributed by atoms with Crippen molar-refractivity contribution in [3.63, 3.8) is 0 Å². The Morgan fingerprint density at radius 2 is 0.958 bits per heavy atom. The van der Waals surface area contributed by atoms with Crippen LogP contribution in [0.15, 0.2) is 174 Å². The molecular formula is C46H33NS. The Hall–Kier alpha value is -5.31. The van der Waals surface area contributed by atoms with Gasteiger partial charge < -0.3 is 4.90 Å². The van der Waals surface area contributed by atoms with Crippen molar-refractivity contribution in [1.29, 1.82) is 0 Å². The Balaban J connectivity index is 1.31. The van der Waals surface area contributed by atoms with E-state index in [1.807, 2.05) is 11.8 Å². The van der Waals surface area contributed by atoms with Crippen molar-refractivity contribution in [3.8, 4) is 22.3 Å². The van der Waals surface area contributed by atoms with Crippen LogP contribution < -0.4 is 4.90 Å². The Kier molecular flexibility index (Phi) is 5.84. The number of hydrogen-bond donors (Lipinski definition) is 0. The van der Waals surface area contributed by atoms with Crippen molar-refractivity contribution >= 4 is 28.8 Å². The van der Waals surface area contributed by atoms with Crippen LogP contribution >= 0.6 is 11.8 Å². The maximum Gasteiger partial charge on any atom is 0.0755 e. The minimum Gasteiger partial charge on any atom is -0.310 e. The van der Waals surface area contributed by atoms with E-state index >= 15 is 0 Å². The number of rotatable bonds is 3. The van der Waals surface area contributed by atoms with E-state index in [2.05, 4.69) is 183 Å². The van der Waals surface area contributed by atoms with Crippen molar-refractivity contribution in [1.82, 2.24) is 0 Å². The van der Waals surface area contributed by atoms with Crippen LogP contribution in [0.25, 0.3) is 22.3 Å². The first-order chi connectivity index (χ1) is 23.6. The summed E-state index contributed by atoms with van der Waals surface area (Å²) in [4.78, 5) is 5.14. The molecule has 0 radical (unpaired) electrons. The van der Waals surface area contributed by atoms with Crippen molar-refractivity contribution in [2.45, 2.75) is 34.5 Å².